The molecule has 40 heavy (non-hydrogen) atoms. The van der Waals surface area contributed by atoms with Crippen molar-refractivity contribution in [2.24, 2.45) is 5.73 Å². The monoisotopic (exact) mass is 552 g/mol. The molecule has 0 fully saturated rings. The summed E-state index contributed by atoms with van der Waals surface area (Å²) < 4.78 is 22.8. The zero-order valence-electron chi connectivity index (χ0n) is 21.6. The van der Waals surface area contributed by atoms with Crippen molar-refractivity contribution < 1.29 is 23.7 Å². The summed E-state index contributed by atoms with van der Waals surface area (Å²) in [4.78, 5) is 12.4. The van der Waals surface area contributed by atoms with Crippen LogP contribution in [0, 0.1) is 18.3 Å². The lowest BCUT2D eigenvalue weighted by Gasteiger charge is -2.27. The highest BCUT2D eigenvalue weighted by molar-refractivity contribution is 6.31. The Bertz CT molecular complexity index is 1640. The highest BCUT2D eigenvalue weighted by atomic mass is 35.5. The predicted octanol–water partition coefficient (Wildman–Crippen LogP) is 6.43. The number of allylic oxidation sites excluding steroid dienone is 1. The maximum Gasteiger partial charge on any atom is 0.349 e. The van der Waals surface area contributed by atoms with Gasteiger partial charge >= 0.3 is 5.97 Å². The van der Waals surface area contributed by atoms with E-state index < -0.39 is 11.9 Å². The van der Waals surface area contributed by atoms with Crippen molar-refractivity contribution in [2.45, 2.75) is 19.4 Å². The average Bonchev–Trinajstić information content (AvgIpc) is 2.95. The average molecular weight is 553 g/mol. The molecule has 2 N–H and O–H groups in total. The van der Waals surface area contributed by atoms with Crippen LogP contribution in [0.1, 0.15) is 28.2 Å². The molecular formula is C32H25ClN2O5. The number of nitrogens with two attached hydrogens (primary N) is 1. The minimum Gasteiger partial charge on any atom is -0.489 e. The van der Waals surface area contributed by atoms with Crippen LogP contribution in [0.25, 0.3) is 0 Å². The highest BCUT2D eigenvalue weighted by Gasteiger charge is 2.31. The smallest absolute Gasteiger partial charge is 0.349 e. The molecule has 0 aromatic heterocycles. The van der Waals surface area contributed by atoms with Gasteiger partial charge in [-0.15, -0.1) is 0 Å². The van der Waals surface area contributed by atoms with E-state index in [9.17, 15) is 10.1 Å². The molecule has 0 bridgehead atoms. The van der Waals surface area contributed by atoms with Crippen LogP contribution in [-0.4, -0.2) is 12.6 Å². The summed E-state index contributed by atoms with van der Waals surface area (Å²) in [5, 5.41) is 10.5. The second kappa shape index (κ2) is 11.9. The molecule has 1 aliphatic heterocycles. The SMILES string of the molecule is Cc1ccccc1OCC(=O)Oc1ccc2c(c1)OC(N)=C(C#N)C2c1cccc(OCc2ccccc2Cl)c1. The molecule has 1 unspecified atom stereocenters. The van der Waals surface area contributed by atoms with E-state index in [1.54, 1.807) is 24.3 Å². The number of esters is 1. The van der Waals surface area contributed by atoms with Gasteiger partial charge in [-0.25, -0.2) is 4.79 Å². The number of benzene rings is 4. The number of halogens is 1. The number of para-hydroxylation sites is 1. The molecule has 1 atom stereocenters. The zero-order chi connectivity index (χ0) is 28.1. The third-order valence-corrected chi connectivity index (χ3v) is 6.77. The second-order valence-electron chi connectivity index (χ2n) is 9.11. The van der Waals surface area contributed by atoms with Crippen LogP contribution in [0.5, 0.6) is 23.0 Å². The number of carbonyl (C=O) groups is 1. The van der Waals surface area contributed by atoms with E-state index in [0.29, 0.717) is 34.4 Å². The van der Waals surface area contributed by atoms with Gasteiger partial charge in [0.2, 0.25) is 5.88 Å². The molecule has 1 aliphatic rings. The maximum atomic E-state index is 12.4. The quantitative estimate of drug-likeness (QED) is 0.198. The van der Waals surface area contributed by atoms with E-state index in [1.165, 1.54) is 0 Å². The van der Waals surface area contributed by atoms with Crippen LogP contribution < -0.4 is 24.7 Å². The molecule has 0 aliphatic carbocycles. The van der Waals surface area contributed by atoms with Crippen molar-refractivity contribution >= 4 is 17.6 Å². The molecule has 0 amide bonds. The van der Waals surface area contributed by atoms with Crippen molar-refractivity contribution in [3.8, 4) is 29.1 Å². The summed E-state index contributed by atoms with van der Waals surface area (Å²) in [5.41, 5.74) is 9.69. The van der Waals surface area contributed by atoms with Crippen molar-refractivity contribution in [1.29, 1.82) is 5.26 Å². The molecule has 5 rings (SSSR count). The first-order chi connectivity index (χ1) is 19.4. The molecular weight excluding hydrogens is 528 g/mol. The maximum absolute atomic E-state index is 12.4. The molecule has 0 saturated carbocycles. The summed E-state index contributed by atoms with van der Waals surface area (Å²) in [7, 11) is 0. The number of ether oxygens (including phenoxy) is 4. The lowest BCUT2D eigenvalue weighted by Crippen LogP contribution is -2.22. The molecule has 200 valence electrons. The molecule has 4 aromatic carbocycles. The zero-order valence-corrected chi connectivity index (χ0v) is 22.4. The lowest BCUT2D eigenvalue weighted by molar-refractivity contribution is -0.136. The Morgan fingerprint density at radius 3 is 2.58 bits per heavy atom. The third kappa shape index (κ3) is 5.88. The van der Waals surface area contributed by atoms with Gasteiger partial charge in [0.25, 0.3) is 0 Å². The third-order valence-electron chi connectivity index (χ3n) is 6.40. The predicted molar refractivity (Wildman–Crippen MR) is 150 cm³/mol. The molecule has 0 saturated heterocycles. The summed E-state index contributed by atoms with van der Waals surface area (Å²) >= 11 is 6.26. The van der Waals surface area contributed by atoms with Crippen molar-refractivity contribution in [1.82, 2.24) is 0 Å². The van der Waals surface area contributed by atoms with E-state index in [2.05, 4.69) is 6.07 Å². The minimum absolute atomic E-state index is 0.0197. The van der Waals surface area contributed by atoms with Crippen LogP contribution in [0.4, 0.5) is 0 Å². The van der Waals surface area contributed by atoms with Gasteiger partial charge in [0, 0.05) is 22.2 Å². The molecule has 1 heterocycles. The standard InChI is InChI=1S/C32H25ClN2O5/c1-20-7-2-5-12-28(20)38-19-30(36)39-24-13-14-25-29(16-24)40-32(35)26(17-34)31(25)21-9-6-10-23(15-21)37-18-22-8-3-4-11-27(22)33/h2-16,31H,18-19,35H2,1H3. The van der Waals surface area contributed by atoms with Gasteiger partial charge in [-0.1, -0.05) is 66.2 Å². The van der Waals surface area contributed by atoms with E-state index in [1.807, 2.05) is 73.7 Å². The Morgan fingerprint density at radius 1 is 0.975 bits per heavy atom. The van der Waals surface area contributed by atoms with E-state index >= 15 is 0 Å². The normalized spacial score (nSPS) is 14.0. The second-order valence-corrected chi connectivity index (χ2v) is 9.51. The van der Waals surface area contributed by atoms with Gasteiger partial charge in [0.05, 0.1) is 5.92 Å². The first-order valence-corrected chi connectivity index (χ1v) is 12.9. The van der Waals surface area contributed by atoms with Gasteiger partial charge in [0.15, 0.2) is 6.61 Å². The van der Waals surface area contributed by atoms with Crippen molar-refractivity contribution in [3.63, 3.8) is 0 Å². The summed E-state index contributed by atoms with van der Waals surface area (Å²) in [6.07, 6.45) is 0. The van der Waals surface area contributed by atoms with Crippen LogP contribution in [-0.2, 0) is 11.4 Å². The number of nitriles is 1. The van der Waals surface area contributed by atoms with Gasteiger partial charge in [0.1, 0.15) is 41.2 Å². The molecule has 4 aromatic rings. The number of hydrogen-bond donors (Lipinski definition) is 1. The Labute approximate surface area is 236 Å². The number of fused-ring (bicyclic) bond motifs is 1. The van der Waals surface area contributed by atoms with Gasteiger partial charge in [-0.05, 0) is 48.4 Å². The number of aryl methyl sites for hydroxylation is 1. The Balaban J connectivity index is 1.35. The summed E-state index contributed by atoms with van der Waals surface area (Å²) in [6, 6.07) is 29.5. The van der Waals surface area contributed by atoms with E-state index in [-0.39, 0.29) is 23.8 Å². The largest absolute Gasteiger partial charge is 0.489 e. The molecule has 0 spiro atoms. The Kier molecular flexibility index (Phi) is 7.90. The number of rotatable bonds is 8. The Hall–Kier alpha value is -4.93. The number of hydrogen-bond acceptors (Lipinski definition) is 7. The molecule has 7 nitrogen and oxygen atoms in total. The van der Waals surface area contributed by atoms with Crippen LogP contribution in [0.2, 0.25) is 5.02 Å². The fraction of sp³-hybridized carbons (Fsp3) is 0.125. The van der Waals surface area contributed by atoms with E-state index in [0.717, 1.165) is 16.7 Å². The molecule has 8 heteroatoms. The Morgan fingerprint density at radius 2 is 1.77 bits per heavy atom. The van der Waals surface area contributed by atoms with Gasteiger partial charge in [-0.3, -0.25) is 0 Å². The summed E-state index contributed by atoms with van der Waals surface area (Å²) in [6.45, 7) is 1.93. The first-order valence-electron chi connectivity index (χ1n) is 12.5. The van der Waals surface area contributed by atoms with Gasteiger partial charge in [-0.2, -0.15) is 5.26 Å². The molecule has 0 radical (unpaired) electrons. The fourth-order valence-corrected chi connectivity index (χ4v) is 4.61. The van der Waals surface area contributed by atoms with E-state index in [4.69, 9.17) is 36.3 Å². The topological polar surface area (TPSA) is 104 Å². The summed E-state index contributed by atoms with van der Waals surface area (Å²) in [5.74, 6) is 0.771. The first kappa shape index (κ1) is 26.7. The fourth-order valence-electron chi connectivity index (χ4n) is 4.42. The van der Waals surface area contributed by atoms with Crippen molar-refractivity contribution in [2.75, 3.05) is 6.61 Å². The highest BCUT2D eigenvalue weighted by Crippen LogP contribution is 2.44. The number of carbonyl (C=O) groups excluding carboxylic acids is 1. The van der Waals surface area contributed by atoms with Crippen LogP contribution in [0.3, 0.4) is 0 Å². The van der Waals surface area contributed by atoms with Crippen molar-refractivity contribution in [3.05, 3.63) is 130 Å². The number of nitrogens with zero attached hydrogens (tertiary/aromatic N) is 1. The lowest BCUT2D eigenvalue weighted by atomic mass is 9.83. The van der Waals surface area contributed by atoms with Crippen LogP contribution >= 0.6 is 11.6 Å². The van der Waals surface area contributed by atoms with Gasteiger partial charge < -0.3 is 24.7 Å². The minimum atomic E-state index is -0.569. The van der Waals surface area contributed by atoms with Crippen LogP contribution in [0.15, 0.2) is 102 Å².